The van der Waals surface area contributed by atoms with Crippen LogP contribution in [0.15, 0.2) is 41.7 Å². The van der Waals surface area contributed by atoms with Gasteiger partial charge in [-0.1, -0.05) is 6.07 Å². The van der Waals surface area contributed by atoms with Gasteiger partial charge in [0, 0.05) is 37.8 Å². The molecule has 3 fully saturated rings. The monoisotopic (exact) mass is 475 g/mol. The molecule has 9 heteroatoms. The smallest absolute Gasteiger partial charge is 0.274 e. The predicted molar refractivity (Wildman–Crippen MR) is 129 cm³/mol. The van der Waals surface area contributed by atoms with Gasteiger partial charge in [-0.2, -0.15) is 5.10 Å². The minimum Gasteiger partial charge on any atom is -0.381 e. The quantitative estimate of drug-likeness (QED) is 0.589. The van der Waals surface area contributed by atoms with Crippen molar-refractivity contribution in [2.24, 2.45) is 18.9 Å². The van der Waals surface area contributed by atoms with E-state index in [9.17, 15) is 14.4 Å². The number of nitrogens with zero attached hydrogens (tertiary/aromatic N) is 2. The van der Waals surface area contributed by atoms with Crippen LogP contribution in [-0.4, -0.2) is 40.7 Å². The largest absolute Gasteiger partial charge is 0.381 e. The summed E-state index contributed by atoms with van der Waals surface area (Å²) in [5.74, 6) is 0.214. The Balaban J connectivity index is 1.27. The zero-order valence-electron chi connectivity index (χ0n) is 19.7. The van der Waals surface area contributed by atoms with E-state index in [0.29, 0.717) is 55.0 Å². The zero-order valence-corrected chi connectivity index (χ0v) is 19.7. The highest BCUT2D eigenvalue weighted by atomic mass is 16.5. The molecule has 1 aromatic heterocycles. The number of amides is 3. The Hall–Kier alpha value is -3.46. The molecule has 3 N–H and O–H groups in total. The van der Waals surface area contributed by atoms with Crippen LogP contribution in [-0.2, 0) is 26.8 Å². The summed E-state index contributed by atoms with van der Waals surface area (Å²) in [5, 5.41) is 12.9. The van der Waals surface area contributed by atoms with Gasteiger partial charge in [0.15, 0.2) is 0 Å². The van der Waals surface area contributed by atoms with E-state index >= 15 is 0 Å². The van der Waals surface area contributed by atoms with Crippen molar-refractivity contribution >= 4 is 29.1 Å². The number of ether oxygens (including phenoxy) is 1. The van der Waals surface area contributed by atoms with Gasteiger partial charge in [-0.3, -0.25) is 19.1 Å². The maximum Gasteiger partial charge on any atom is 0.274 e. The summed E-state index contributed by atoms with van der Waals surface area (Å²) in [6.07, 6.45) is 7.00. The number of carbonyl (C=O) groups excluding carboxylic acids is 3. The van der Waals surface area contributed by atoms with Crippen molar-refractivity contribution in [2.75, 3.05) is 23.8 Å². The number of aryl methyl sites for hydroxylation is 1. The summed E-state index contributed by atoms with van der Waals surface area (Å²) in [7, 11) is 1.70. The Morgan fingerprint density at radius 3 is 2.71 bits per heavy atom. The lowest BCUT2D eigenvalue weighted by Gasteiger charge is -2.31. The molecule has 1 spiro atoms. The number of fused-ring (bicyclic) bond motifs is 4. The fraction of sp³-hybridized carbons (Fsp3) is 0.462. The predicted octanol–water partition coefficient (Wildman–Crippen LogP) is 2.86. The molecule has 1 aromatic carbocycles. The van der Waals surface area contributed by atoms with Gasteiger partial charge in [-0.05, 0) is 79.7 Å². The second kappa shape index (κ2) is 8.34. The number of carbonyl (C=O) groups is 3. The van der Waals surface area contributed by atoms with E-state index in [-0.39, 0.29) is 17.7 Å². The third kappa shape index (κ3) is 3.65. The minimum absolute atomic E-state index is 0.00694. The molecule has 0 unspecified atom stereocenters. The first-order valence-electron chi connectivity index (χ1n) is 12.3. The highest BCUT2D eigenvalue weighted by molar-refractivity contribution is 6.10. The molecule has 2 atom stereocenters. The SMILES string of the molecule is Cn1nccc1C(=O)N/C(C(=O)Nc1ccc2c(c1)NC(=O)C21CCOCC1)=C1/C[C@H]2CC[C@@H]1C2. The number of aromatic nitrogens is 2. The molecule has 0 radical (unpaired) electrons. The van der Waals surface area contributed by atoms with Crippen molar-refractivity contribution in [2.45, 2.75) is 43.9 Å². The van der Waals surface area contributed by atoms with E-state index in [1.807, 2.05) is 12.1 Å². The van der Waals surface area contributed by atoms with Gasteiger partial charge in [0.05, 0.1) is 5.41 Å². The van der Waals surface area contributed by atoms with E-state index < -0.39 is 5.41 Å². The summed E-state index contributed by atoms with van der Waals surface area (Å²) in [6.45, 7) is 1.11. The lowest BCUT2D eigenvalue weighted by atomic mass is 9.75. The van der Waals surface area contributed by atoms with Crippen molar-refractivity contribution in [3.05, 3.63) is 53.0 Å². The number of allylic oxidation sites excluding steroid dienone is 1. The number of nitrogens with one attached hydrogen (secondary N) is 3. The molecule has 2 aliphatic heterocycles. The molecule has 182 valence electrons. The lowest BCUT2D eigenvalue weighted by Crippen LogP contribution is -2.39. The molecule has 2 aromatic rings. The molecule has 3 heterocycles. The normalized spacial score (nSPS) is 25.3. The fourth-order valence-corrected chi connectivity index (χ4v) is 6.33. The van der Waals surface area contributed by atoms with Crippen LogP contribution in [0.25, 0.3) is 0 Å². The molecule has 1 saturated heterocycles. The van der Waals surface area contributed by atoms with Crippen LogP contribution >= 0.6 is 0 Å². The van der Waals surface area contributed by atoms with Crippen LogP contribution in [0.1, 0.15) is 54.6 Å². The molecule has 3 amide bonds. The number of benzene rings is 1. The molecular formula is C26H29N5O4. The van der Waals surface area contributed by atoms with Crippen LogP contribution in [0.3, 0.4) is 0 Å². The molecule has 2 saturated carbocycles. The molecule has 6 rings (SSSR count). The van der Waals surface area contributed by atoms with Crippen LogP contribution in [0.4, 0.5) is 11.4 Å². The van der Waals surface area contributed by atoms with E-state index in [0.717, 1.165) is 36.1 Å². The second-order valence-corrected chi connectivity index (χ2v) is 10.1. The molecular weight excluding hydrogens is 446 g/mol. The first-order valence-corrected chi connectivity index (χ1v) is 12.3. The standard InChI is InChI=1S/C26H29N5O4/c1-31-21(6-9-27-31)23(32)30-22(18-13-15-2-3-16(18)12-15)24(33)28-17-4-5-19-20(14-17)29-25(34)26(19)7-10-35-11-8-26/h4-6,9,14-16H,2-3,7-8,10-13H2,1H3,(H,28,33)(H,29,34)(H,30,32)/b22-18-/t15-,16+/m0/s1. The van der Waals surface area contributed by atoms with E-state index in [2.05, 4.69) is 21.0 Å². The molecule has 35 heavy (non-hydrogen) atoms. The Morgan fingerprint density at radius 2 is 2.03 bits per heavy atom. The first-order chi connectivity index (χ1) is 16.9. The summed E-state index contributed by atoms with van der Waals surface area (Å²) in [6, 6.07) is 7.19. The van der Waals surface area contributed by atoms with Crippen LogP contribution in [0, 0.1) is 11.8 Å². The first kappa shape index (κ1) is 22.0. The van der Waals surface area contributed by atoms with Crippen molar-refractivity contribution in [1.82, 2.24) is 15.1 Å². The minimum atomic E-state index is -0.552. The van der Waals surface area contributed by atoms with Crippen LogP contribution in [0.2, 0.25) is 0 Å². The molecule has 2 bridgehead atoms. The Kier molecular flexibility index (Phi) is 5.25. The van der Waals surface area contributed by atoms with Crippen molar-refractivity contribution < 1.29 is 19.1 Å². The highest BCUT2D eigenvalue weighted by Crippen LogP contribution is 2.49. The van der Waals surface area contributed by atoms with Gasteiger partial charge >= 0.3 is 0 Å². The van der Waals surface area contributed by atoms with Crippen LogP contribution in [0.5, 0.6) is 0 Å². The average molecular weight is 476 g/mol. The van der Waals surface area contributed by atoms with Crippen molar-refractivity contribution in [1.29, 1.82) is 0 Å². The van der Waals surface area contributed by atoms with E-state index in [4.69, 9.17) is 4.74 Å². The Morgan fingerprint density at radius 1 is 1.20 bits per heavy atom. The average Bonchev–Trinajstić information content (AvgIpc) is 3.63. The zero-order chi connectivity index (χ0) is 24.2. The molecule has 4 aliphatic rings. The van der Waals surface area contributed by atoms with Gasteiger partial charge < -0.3 is 20.7 Å². The number of anilines is 2. The highest BCUT2D eigenvalue weighted by Gasteiger charge is 2.47. The summed E-state index contributed by atoms with van der Waals surface area (Å²) >= 11 is 0. The van der Waals surface area contributed by atoms with Gasteiger partial charge in [0.1, 0.15) is 11.4 Å². The van der Waals surface area contributed by atoms with Crippen molar-refractivity contribution in [3.8, 4) is 0 Å². The number of rotatable bonds is 4. The topological polar surface area (TPSA) is 114 Å². The number of hydrogen-bond donors (Lipinski definition) is 3. The maximum absolute atomic E-state index is 13.5. The molecule has 2 aliphatic carbocycles. The summed E-state index contributed by atoms with van der Waals surface area (Å²) in [4.78, 5) is 39.3. The summed E-state index contributed by atoms with van der Waals surface area (Å²) in [5.41, 5.74) is 3.47. The Bertz CT molecular complexity index is 1260. The van der Waals surface area contributed by atoms with Gasteiger partial charge in [-0.15, -0.1) is 0 Å². The van der Waals surface area contributed by atoms with E-state index in [1.165, 1.54) is 11.1 Å². The van der Waals surface area contributed by atoms with Gasteiger partial charge in [0.2, 0.25) is 5.91 Å². The number of hydrogen-bond acceptors (Lipinski definition) is 5. The third-order valence-electron chi connectivity index (χ3n) is 8.21. The van der Waals surface area contributed by atoms with Crippen LogP contribution < -0.4 is 16.0 Å². The second-order valence-electron chi connectivity index (χ2n) is 10.1. The van der Waals surface area contributed by atoms with E-state index in [1.54, 1.807) is 25.4 Å². The Labute approximate surface area is 203 Å². The maximum atomic E-state index is 13.5. The van der Waals surface area contributed by atoms with Gasteiger partial charge in [-0.25, -0.2) is 0 Å². The van der Waals surface area contributed by atoms with Crippen molar-refractivity contribution in [3.63, 3.8) is 0 Å². The summed E-state index contributed by atoms with van der Waals surface area (Å²) < 4.78 is 6.97. The lowest BCUT2D eigenvalue weighted by molar-refractivity contribution is -0.124. The van der Waals surface area contributed by atoms with Gasteiger partial charge in [0.25, 0.3) is 11.8 Å². The molecule has 9 nitrogen and oxygen atoms in total. The fourth-order valence-electron chi connectivity index (χ4n) is 6.33. The third-order valence-corrected chi connectivity index (χ3v) is 8.21.